The molecule has 0 bridgehead atoms. The summed E-state index contributed by atoms with van der Waals surface area (Å²) in [6.45, 7) is 3.92. The summed E-state index contributed by atoms with van der Waals surface area (Å²) in [5, 5.41) is 18.0. The van der Waals surface area contributed by atoms with Crippen molar-refractivity contribution in [3.05, 3.63) is 35.4 Å². The summed E-state index contributed by atoms with van der Waals surface area (Å²) < 4.78 is 0. The van der Waals surface area contributed by atoms with Gasteiger partial charge in [-0.25, -0.2) is 4.79 Å². The highest BCUT2D eigenvalue weighted by atomic mass is 16.4. The van der Waals surface area contributed by atoms with Gasteiger partial charge in [0.2, 0.25) is 0 Å². The molecule has 0 radical (unpaired) electrons. The molecule has 84 valence electrons. The lowest BCUT2D eigenvalue weighted by Crippen LogP contribution is -2.32. The number of aryl methyl sites for hydroxylation is 1. The number of hydrogen-bond donors (Lipinski definition) is 1. The Morgan fingerprint density at radius 3 is 2.75 bits per heavy atom. The second-order valence-electron chi connectivity index (χ2n) is 3.51. The van der Waals surface area contributed by atoms with E-state index < -0.39 is 12.1 Å². The zero-order valence-corrected chi connectivity index (χ0v) is 9.34. The van der Waals surface area contributed by atoms with E-state index in [0.29, 0.717) is 12.1 Å². The molecule has 0 aliphatic carbocycles. The molecule has 16 heavy (non-hydrogen) atoms. The van der Waals surface area contributed by atoms with Gasteiger partial charge in [-0.15, -0.1) is 0 Å². The minimum atomic E-state index is -1.07. The fourth-order valence-electron chi connectivity index (χ4n) is 1.59. The molecule has 1 N–H and O–H groups in total. The van der Waals surface area contributed by atoms with Gasteiger partial charge in [0.05, 0.1) is 6.07 Å². The Kier molecular flexibility index (Phi) is 3.90. The molecule has 0 heterocycles. The van der Waals surface area contributed by atoms with Gasteiger partial charge in [-0.05, 0) is 19.4 Å². The van der Waals surface area contributed by atoms with Gasteiger partial charge in [0.1, 0.15) is 6.04 Å². The van der Waals surface area contributed by atoms with Gasteiger partial charge in [-0.2, -0.15) is 5.26 Å². The van der Waals surface area contributed by atoms with Crippen LogP contribution in [-0.2, 0) is 0 Å². The first-order valence-electron chi connectivity index (χ1n) is 5.06. The van der Waals surface area contributed by atoms with Crippen LogP contribution in [0.1, 0.15) is 24.1 Å². The SMILES string of the molecule is CCN(C(=O)O)C(C#N)c1cccc(C)c1. The van der Waals surface area contributed by atoms with Crippen molar-refractivity contribution in [3.8, 4) is 6.07 Å². The Hall–Kier alpha value is -2.02. The Bertz CT molecular complexity index is 423. The number of carboxylic acid groups (broad SMARTS) is 1. The summed E-state index contributed by atoms with van der Waals surface area (Å²) in [4.78, 5) is 12.1. The van der Waals surface area contributed by atoms with E-state index in [9.17, 15) is 4.79 Å². The highest BCUT2D eigenvalue weighted by molar-refractivity contribution is 5.66. The maximum atomic E-state index is 11.0. The van der Waals surface area contributed by atoms with Gasteiger partial charge in [0.25, 0.3) is 0 Å². The molecule has 0 spiro atoms. The van der Waals surface area contributed by atoms with E-state index in [-0.39, 0.29) is 0 Å². The number of hydrogen-bond acceptors (Lipinski definition) is 2. The van der Waals surface area contributed by atoms with Crippen LogP contribution in [0.15, 0.2) is 24.3 Å². The number of amides is 1. The molecule has 0 saturated heterocycles. The average Bonchev–Trinajstić information content (AvgIpc) is 2.25. The number of rotatable bonds is 3. The lowest BCUT2D eigenvalue weighted by atomic mass is 10.0. The van der Waals surface area contributed by atoms with Gasteiger partial charge in [-0.1, -0.05) is 29.8 Å². The van der Waals surface area contributed by atoms with E-state index in [2.05, 4.69) is 0 Å². The van der Waals surface area contributed by atoms with Crippen LogP contribution in [0, 0.1) is 18.3 Å². The van der Waals surface area contributed by atoms with Crippen molar-refractivity contribution in [3.63, 3.8) is 0 Å². The largest absolute Gasteiger partial charge is 0.465 e. The van der Waals surface area contributed by atoms with Gasteiger partial charge in [-0.3, -0.25) is 4.90 Å². The molecule has 1 aromatic rings. The highest BCUT2D eigenvalue weighted by Crippen LogP contribution is 2.20. The first kappa shape index (κ1) is 12.1. The summed E-state index contributed by atoms with van der Waals surface area (Å²) in [5.74, 6) is 0. The highest BCUT2D eigenvalue weighted by Gasteiger charge is 2.22. The number of nitrogens with zero attached hydrogens (tertiary/aromatic N) is 2. The third-order valence-corrected chi connectivity index (χ3v) is 2.38. The van der Waals surface area contributed by atoms with Gasteiger partial charge in [0, 0.05) is 6.54 Å². The molecular formula is C12H14N2O2. The number of carbonyl (C=O) groups is 1. The van der Waals surface area contributed by atoms with E-state index in [1.54, 1.807) is 13.0 Å². The summed E-state index contributed by atoms with van der Waals surface area (Å²) in [6.07, 6.45) is -1.07. The third-order valence-electron chi connectivity index (χ3n) is 2.38. The molecule has 1 amide bonds. The van der Waals surface area contributed by atoms with Crippen molar-refractivity contribution in [2.45, 2.75) is 19.9 Å². The zero-order chi connectivity index (χ0) is 12.1. The van der Waals surface area contributed by atoms with Crippen LogP contribution in [0.25, 0.3) is 0 Å². The van der Waals surface area contributed by atoms with E-state index in [0.717, 1.165) is 10.5 Å². The maximum Gasteiger partial charge on any atom is 0.408 e. The zero-order valence-electron chi connectivity index (χ0n) is 9.34. The average molecular weight is 218 g/mol. The fraction of sp³-hybridized carbons (Fsp3) is 0.333. The molecule has 1 rings (SSSR count). The first-order valence-corrected chi connectivity index (χ1v) is 5.06. The van der Waals surface area contributed by atoms with Crippen LogP contribution < -0.4 is 0 Å². The molecule has 0 fully saturated rings. The Labute approximate surface area is 94.7 Å². The fourth-order valence-corrected chi connectivity index (χ4v) is 1.59. The lowest BCUT2D eigenvalue weighted by Gasteiger charge is -2.23. The van der Waals surface area contributed by atoms with Crippen LogP contribution in [0.2, 0.25) is 0 Å². The van der Waals surface area contributed by atoms with Gasteiger partial charge >= 0.3 is 6.09 Å². The van der Waals surface area contributed by atoms with E-state index in [4.69, 9.17) is 10.4 Å². The predicted octanol–water partition coefficient (Wildman–Crippen LogP) is 2.56. The summed E-state index contributed by atoms with van der Waals surface area (Å²) in [7, 11) is 0. The molecule has 1 unspecified atom stereocenters. The predicted molar refractivity (Wildman–Crippen MR) is 59.9 cm³/mol. The standard InChI is InChI=1S/C12H14N2O2/c1-3-14(12(15)16)11(8-13)10-6-4-5-9(2)7-10/h4-7,11H,3H2,1-2H3,(H,15,16). The van der Waals surface area contributed by atoms with Crippen LogP contribution in [0.5, 0.6) is 0 Å². The molecular weight excluding hydrogens is 204 g/mol. The first-order chi connectivity index (χ1) is 7.60. The second-order valence-corrected chi connectivity index (χ2v) is 3.51. The summed E-state index contributed by atoms with van der Waals surface area (Å²) in [5.41, 5.74) is 1.73. The van der Waals surface area contributed by atoms with Gasteiger partial charge < -0.3 is 5.11 Å². The Morgan fingerprint density at radius 1 is 1.62 bits per heavy atom. The van der Waals surface area contributed by atoms with Crippen molar-refractivity contribution in [1.29, 1.82) is 5.26 Å². The molecule has 0 aliphatic rings. The molecule has 1 atom stereocenters. The minimum absolute atomic E-state index is 0.293. The van der Waals surface area contributed by atoms with E-state index >= 15 is 0 Å². The molecule has 4 heteroatoms. The monoisotopic (exact) mass is 218 g/mol. The smallest absolute Gasteiger partial charge is 0.408 e. The Balaban J connectivity index is 3.07. The third kappa shape index (κ3) is 2.51. The molecule has 0 aromatic heterocycles. The second kappa shape index (κ2) is 5.17. The van der Waals surface area contributed by atoms with Crippen molar-refractivity contribution in [2.75, 3.05) is 6.54 Å². The summed E-state index contributed by atoms with van der Waals surface area (Å²) in [6, 6.07) is 8.63. The van der Waals surface area contributed by atoms with E-state index in [1.165, 1.54) is 0 Å². The summed E-state index contributed by atoms with van der Waals surface area (Å²) >= 11 is 0. The number of benzene rings is 1. The van der Waals surface area contributed by atoms with Gasteiger partial charge in [0.15, 0.2) is 0 Å². The molecule has 4 nitrogen and oxygen atoms in total. The van der Waals surface area contributed by atoms with Crippen LogP contribution in [-0.4, -0.2) is 22.6 Å². The van der Waals surface area contributed by atoms with Crippen molar-refractivity contribution in [2.24, 2.45) is 0 Å². The van der Waals surface area contributed by atoms with Crippen LogP contribution in [0.3, 0.4) is 0 Å². The van der Waals surface area contributed by atoms with Crippen molar-refractivity contribution < 1.29 is 9.90 Å². The van der Waals surface area contributed by atoms with Crippen LogP contribution >= 0.6 is 0 Å². The number of nitriles is 1. The molecule has 0 saturated carbocycles. The maximum absolute atomic E-state index is 11.0. The van der Waals surface area contributed by atoms with Crippen LogP contribution in [0.4, 0.5) is 4.79 Å². The Morgan fingerprint density at radius 2 is 2.31 bits per heavy atom. The van der Waals surface area contributed by atoms with E-state index in [1.807, 2.05) is 31.2 Å². The quantitative estimate of drug-likeness (QED) is 0.847. The van der Waals surface area contributed by atoms with Crippen molar-refractivity contribution >= 4 is 6.09 Å². The molecule has 1 aromatic carbocycles. The minimum Gasteiger partial charge on any atom is -0.465 e. The topological polar surface area (TPSA) is 64.3 Å². The van der Waals surface area contributed by atoms with Crippen molar-refractivity contribution in [1.82, 2.24) is 4.90 Å². The molecule has 0 aliphatic heterocycles. The normalized spacial score (nSPS) is 11.6. The lowest BCUT2D eigenvalue weighted by molar-refractivity contribution is 0.138.